The first-order valence-corrected chi connectivity index (χ1v) is 5.88. The molecule has 9 nitrogen and oxygen atoms in total. The van der Waals surface area contributed by atoms with Crippen molar-refractivity contribution in [3.05, 3.63) is 18.2 Å². The van der Waals surface area contributed by atoms with E-state index in [2.05, 4.69) is 15.3 Å². The molecule has 1 rings (SSSR count). The molecule has 0 aliphatic heterocycles. The van der Waals surface area contributed by atoms with Crippen molar-refractivity contribution >= 4 is 17.8 Å². The minimum atomic E-state index is -1.20. The molecule has 6 N–H and O–H groups in total. The zero-order chi connectivity index (χ0) is 15.1. The number of carbonyl (C=O) groups excluding carboxylic acids is 1. The monoisotopic (exact) mass is 284 g/mol. The summed E-state index contributed by atoms with van der Waals surface area (Å²) in [4.78, 5) is 39.6. The van der Waals surface area contributed by atoms with E-state index in [9.17, 15) is 14.4 Å². The van der Waals surface area contributed by atoms with Crippen LogP contribution in [-0.4, -0.2) is 50.1 Å². The van der Waals surface area contributed by atoms with Crippen molar-refractivity contribution in [2.45, 2.75) is 31.3 Å². The van der Waals surface area contributed by atoms with E-state index in [0.29, 0.717) is 5.69 Å². The van der Waals surface area contributed by atoms with Gasteiger partial charge in [0.05, 0.1) is 6.33 Å². The maximum absolute atomic E-state index is 11.6. The third kappa shape index (κ3) is 5.06. The van der Waals surface area contributed by atoms with Crippen molar-refractivity contribution in [3.8, 4) is 0 Å². The molecule has 1 unspecified atom stereocenters. The minimum absolute atomic E-state index is 0.0580. The number of H-pyrrole nitrogens is 1. The van der Waals surface area contributed by atoms with Gasteiger partial charge in [-0.3, -0.25) is 9.59 Å². The van der Waals surface area contributed by atoms with Crippen LogP contribution in [0, 0.1) is 0 Å². The van der Waals surface area contributed by atoms with Gasteiger partial charge >= 0.3 is 11.9 Å². The van der Waals surface area contributed by atoms with Crippen LogP contribution in [0.4, 0.5) is 0 Å². The number of rotatable bonds is 8. The lowest BCUT2D eigenvalue weighted by molar-refractivity contribution is -0.142. The number of aliphatic carboxylic acids is 2. The molecule has 0 aliphatic carbocycles. The molecular weight excluding hydrogens is 268 g/mol. The van der Waals surface area contributed by atoms with E-state index >= 15 is 0 Å². The normalized spacial score (nSPS) is 13.4. The van der Waals surface area contributed by atoms with Gasteiger partial charge in [-0.2, -0.15) is 0 Å². The molecule has 0 spiro atoms. The summed E-state index contributed by atoms with van der Waals surface area (Å²) in [6, 6.07) is -2.25. The predicted octanol–water partition coefficient (Wildman–Crippen LogP) is -1.29. The number of imidazole rings is 1. The van der Waals surface area contributed by atoms with Crippen molar-refractivity contribution in [1.29, 1.82) is 0 Å². The van der Waals surface area contributed by atoms with Crippen molar-refractivity contribution in [2.75, 3.05) is 0 Å². The fourth-order valence-corrected chi connectivity index (χ4v) is 1.49. The molecule has 1 aromatic rings. The summed E-state index contributed by atoms with van der Waals surface area (Å²) in [7, 11) is 0. The first-order chi connectivity index (χ1) is 9.40. The number of hydrogen-bond acceptors (Lipinski definition) is 5. The lowest BCUT2D eigenvalue weighted by Gasteiger charge is -2.14. The molecular formula is C11H16N4O5. The number of hydrogen-bond donors (Lipinski definition) is 5. The lowest BCUT2D eigenvalue weighted by Crippen LogP contribution is -2.43. The summed E-state index contributed by atoms with van der Waals surface area (Å²) in [5.74, 6) is -2.95. The standard InChI is InChI=1S/C11H16N4O5/c12-7(10(17)18)1-2-9(16)15-8(11(19)20)3-6-4-13-5-14-6/h4-5,7-8H,1-3,12H2,(H,13,14)(H,15,16)(H,17,18)(H,19,20)/t7?,8-/m0/s1. The maximum atomic E-state index is 11.6. The molecule has 1 amide bonds. The number of amides is 1. The Kier molecular flexibility index (Phi) is 5.66. The average Bonchev–Trinajstić information content (AvgIpc) is 2.87. The van der Waals surface area contributed by atoms with E-state index in [1.54, 1.807) is 0 Å². The number of carbonyl (C=O) groups is 3. The van der Waals surface area contributed by atoms with E-state index in [1.807, 2.05) is 0 Å². The van der Waals surface area contributed by atoms with Gasteiger partial charge in [0.2, 0.25) is 5.91 Å². The first kappa shape index (κ1) is 15.6. The smallest absolute Gasteiger partial charge is 0.326 e. The summed E-state index contributed by atoms with van der Waals surface area (Å²) < 4.78 is 0. The average molecular weight is 284 g/mol. The van der Waals surface area contributed by atoms with Crippen LogP contribution in [0.5, 0.6) is 0 Å². The van der Waals surface area contributed by atoms with Gasteiger partial charge in [0.25, 0.3) is 0 Å². The highest BCUT2D eigenvalue weighted by atomic mass is 16.4. The van der Waals surface area contributed by atoms with Crippen LogP contribution in [-0.2, 0) is 20.8 Å². The molecule has 1 heterocycles. The maximum Gasteiger partial charge on any atom is 0.326 e. The van der Waals surface area contributed by atoms with Gasteiger partial charge in [0, 0.05) is 24.7 Å². The Balaban J connectivity index is 2.47. The summed E-state index contributed by atoms with van der Waals surface area (Å²) in [5, 5.41) is 19.9. The molecule has 0 aliphatic rings. The third-order valence-corrected chi connectivity index (χ3v) is 2.61. The largest absolute Gasteiger partial charge is 0.480 e. The number of nitrogens with one attached hydrogen (secondary N) is 2. The molecule has 0 aromatic carbocycles. The second-order valence-electron chi connectivity index (χ2n) is 4.22. The fraction of sp³-hybridized carbons (Fsp3) is 0.455. The minimum Gasteiger partial charge on any atom is -0.480 e. The lowest BCUT2D eigenvalue weighted by atomic mass is 10.1. The number of nitrogens with zero attached hydrogens (tertiary/aromatic N) is 1. The molecule has 0 fully saturated rings. The summed E-state index contributed by atoms with van der Waals surface area (Å²) >= 11 is 0. The molecule has 0 saturated carbocycles. The topological polar surface area (TPSA) is 158 Å². The molecule has 0 bridgehead atoms. The zero-order valence-corrected chi connectivity index (χ0v) is 10.6. The molecule has 110 valence electrons. The molecule has 9 heteroatoms. The Labute approximate surface area is 114 Å². The summed E-state index contributed by atoms with van der Waals surface area (Å²) in [6.07, 6.45) is 2.72. The van der Waals surface area contributed by atoms with Crippen LogP contribution < -0.4 is 11.1 Å². The summed E-state index contributed by atoms with van der Waals surface area (Å²) in [6.45, 7) is 0. The Hall–Kier alpha value is -2.42. The molecule has 0 radical (unpaired) electrons. The van der Waals surface area contributed by atoms with Crippen LogP contribution in [0.2, 0.25) is 0 Å². The number of carboxylic acid groups (broad SMARTS) is 2. The first-order valence-electron chi connectivity index (χ1n) is 5.88. The molecule has 20 heavy (non-hydrogen) atoms. The van der Waals surface area contributed by atoms with Gasteiger partial charge in [-0.15, -0.1) is 0 Å². The Morgan fingerprint density at radius 3 is 2.55 bits per heavy atom. The Morgan fingerprint density at radius 2 is 2.05 bits per heavy atom. The number of nitrogens with two attached hydrogens (primary N) is 1. The van der Waals surface area contributed by atoms with Crippen molar-refractivity contribution < 1.29 is 24.6 Å². The van der Waals surface area contributed by atoms with Crippen molar-refractivity contribution in [1.82, 2.24) is 15.3 Å². The highest BCUT2D eigenvalue weighted by Crippen LogP contribution is 2.01. The van der Waals surface area contributed by atoms with Crippen LogP contribution in [0.25, 0.3) is 0 Å². The highest BCUT2D eigenvalue weighted by Gasteiger charge is 2.22. The number of aromatic amines is 1. The van der Waals surface area contributed by atoms with Gasteiger partial charge in [0.1, 0.15) is 12.1 Å². The second kappa shape index (κ2) is 7.24. The number of carboxylic acids is 2. The third-order valence-electron chi connectivity index (χ3n) is 2.61. The second-order valence-corrected chi connectivity index (χ2v) is 4.22. The van der Waals surface area contributed by atoms with Gasteiger partial charge in [-0.05, 0) is 6.42 Å². The molecule has 1 aromatic heterocycles. The van der Waals surface area contributed by atoms with E-state index in [0.717, 1.165) is 0 Å². The van der Waals surface area contributed by atoms with Crippen LogP contribution in [0.3, 0.4) is 0 Å². The zero-order valence-electron chi connectivity index (χ0n) is 10.6. The molecule has 2 atom stereocenters. The highest BCUT2D eigenvalue weighted by molar-refractivity contribution is 5.84. The summed E-state index contributed by atoms with van der Waals surface area (Å²) in [5.41, 5.74) is 5.83. The Morgan fingerprint density at radius 1 is 1.35 bits per heavy atom. The van der Waals surface area contributed by atoms with Gasteiger partial charge in [-0.25, -0.2) is 9.78 Å². The fourth-order valence-electron chi connectivity index (χ4n) is 1.49. The predicted molar refractivity (Wildman–Crippen MR) is 66.7 cm³/mol. The van der Waals surface area contributed by atoms with Gasteiger partial charge in [0.15, 0.2) is 0 Å². The molecule has 0 saturated heterocycles. The van der Waals surface area contributed by atoms with E-state index in [1.165, 1.54) is 12.5 Å². The van der Waals surface area contributed by atoms with Crippen LogP contribution >= 0.6 is 0 Å². The number of aromatic nitrogens is 2. The SMILES string of the molecule is NC(CCC(=O)N[C@@H](Cc1cnc[nH]1)C(=O)O)C(=O)O. The van der Waals surface area contributed by atoms with Crippen LogP contribution in [0.15, 0.2) is 12.5 Å². The van der Waals surface area contributed by atoms with Gasteiger partial charge in [-0.1, -0.05) is 0 Å². The quantitative estimate of drug-likeness (QED) is 0.397. The van der Waals surface area contributed by atoms with Crippen molar-refractivity contribution in [3.63, 3.8) is 0 Å². The van der Waals surface area contributed by atoms with E-state index in [4.69, 9.17) is 15.9 Å². The van der Waals surface area contributed by atoms with Gasteiger partial charge < -0.3 is 26.2 Å². The van der Waals surface area contributed by atoms with Crippen molar-refractivity contribution in [2.24, 2.45) is 5.73 Å². The van der Waals surface area contributed by atoms with E-state index < -0.39 is 29.9 Å². The van der Waals surface area contributed by atoms with E-state index in [-0.39, 0.29) is 19.3 Å². The van der Waals surface area contributed by atoms with Crippen LogP contribution in [0.1, 0.15) is 18.5 Å². The Bertz CT molecular complexity index is 473.